The van der Waals surface area contributed by atoms with Crippen molar-refractivity contribution in [3.05, 3.63) is 114 Å². The number of ether oxygens (including phenoxy) is 1. The minimum Gasteiger partial charge on any atom is -0.508 e. The lowest BCUT2D eigenvalue weighted by Crippen LogP contribution is -2.51. The summed E-state index contributed by atoms with van der Waals surface area (Å²) >= 11 is 7.84. The lowest BCUT2D eigenvalue weighted by Gasteiger charge is -2.49. The number of nitrogens with zero attached hydrogens (tertiary/aromatic N) is 7. The standard InChI is InChI=1S/C45H38ClN7O10S/c1-20-28-14-23(46)6-11-35(28)64-40(20)31-18-36(49(5)47-31)51-42(56)30-17-29-26(38(45(30,2)44(51)58)22-12-21-13-25(54)7-10-34(21)63-19-22)8-9-27-37(29)43(57)50(41(27)55)24-15-32(52(59)60)39(48(3)4)33(16-24)53(61)62/h6-8,10-11,13-16,18-19,27,29-30,37-38,54H,9,12,17H2,1-5H3. The Kier molecular flexibility index (Phi) is 9.19. The van der Waals surface area contributed by atoms with Crippen molar-refractivity contribution in [1.82, 2.24) is 9.78 Å². The van der Waals surface area contributed by atoms with Crippen molar-refractivity contribution in [3.8, 4) is 22.1 Å². The summed E-state index contributed by atoms with van der Waals surface area (Å²) in [5, 5.41) is 41.4. The number of phenols is 1. The number of aryl methyl sites for hydroxylation is 2. The summed E-state index contributed by atoms with van der Waals surface area (Å²) in [7, 11) is 4.49. The molecule has 326 valence electrons. The zero-order chi connectivity index (χ0) is 45.4. The number of nitro groups is 2. The van der Waals surface area contributed by atoms with Crippen molar-refractivity contribution >= 4 is 85.2 Å². The summed E-state index contributed by atoms with van der Waals surface area (Å²) < 4.78 is 8.61. The molecule has 2 aromatic heterocycles. The van der Waals surface area contributed by atoms with Crippen LogP contribution in [0, 0.1) is 62.2 Å². The first-order valence-corrected chi connectivity index (χ1v) is 21.6. The Hall–Kier alpha value is -6.92. The second kappa shape index (κ2) is 14.3. The number of nitro benzene ring substituents is 2. The molecular formula is C45H38ClN7O10S. The Morgan fingerprint density at radius 2 is 1.67 bits per heavy atom. The Bertz CT molecular complexity index is 3030. The highest BCUT2D eigenvalue weighted by Crippen LogP contribution is 2.63. The third kappa shape index (κ3) is 5.77. The van der Waals surface area contributed by atoms with E-state index in [-0.39, 0.29) is 42.2 Å². The third-order valence-corrected chi connectivity index (χ3v) is 15.3. The van der Waals surface area contributed by atoms with E-state index in [4.69, 9.17) is 21.4 Å². The molecule has 1 N–H and O–H groups in total. The van der Waals surface area contributed by atoms with E-state index in [1.165, 1.54) is 46.0 Å². The number of fused-ring (bicyclic) bond motifs is 6. The molecule has 0 radical (unpaired) electrons. The van der Waals surface area contributed by atoms with Gasteiger partial charge in [0.15, 0.2) is 5.69 Å². The molecule has 5 aromatic rings. The first-order chi connectivity index (χ1) is 30.4. The number of rotatable bonds is 7. The van der Waals surface area contributed by atoms with Crippen LogP contribution in [0.2, 0.25) is 5.02 Å². The van der Waals surface area contributed by atoms with Gasteiger partial charge in [0.05, 0.1) is 49.8 Å². The molecule has 2 saturated heterocycles. The topological polar surface area (TPSA) is 212 Å². The van der Waals surface area contributed by atoms with Crippen LogP contribution in [0.3, 0.4) is 0 Å². The van der Waals surface area contributed by atoms with Crippen LogP contribution < -0.4 is 19.4 Å². The SMILES string of the molecule is Cc1c(-c2cc(N3C(=O)C4CC5C(=CCC6C(=O)N(c7cc([N+](=O)[O-])c(N(C)C)c([N+](=O)[O-])c7)C(=O)C65)C(C5=COc6ccc(O)cc6C5)C4(C)C3=O)n(C)n2)sc2ccc(Cl)cc12. The second-order valence-corrected chi connectivity index (χ2v) is 18.9. The molecule has 5 aliphatic rings. The van der Waals surface area contributed by atoms with Crippen LogP contribution in [0.5, 0.6) is 11.5 Å². The van der Waals surface area contributed by atoms with Gasteiger partial charge in [0.2, 0.25) is 23.6 Å². The molecule has 0 bridgehead atoms. The summed E-state index contributed by atoms with van der Waals surface area (Å²) in [5.74, 6) is -6.29. The van der Waals surface area contributed by atoms with E-state index < -0.39 is 79.9 Å². The maximum atomic E-state index is 15.3. The van der Waals surface area contributed by atoms with Gasteiger partial charge in [-0.15, -0.1) is 11.3 Å². The lowest BCUT2D eigenvalue weighted by atomic mass is 9.51. The normalized spacial score (nSPS) is 24.8. The molecule has 17 nitrogen and oxygen atoms in total. The number of amides is 4. The third-order valence-electron chi connectivity index (χ3n) is 13.8. The van der Waals surface area contributed by atoms with Crippen LogP contribution in [0.15, 0.2) is 78.1 Å². The van der Waals surface area contributed by atoms with Crippen LogP contribution in [-0.2, 0) is 32.6 Å². The number of carbonyl (C=O) groups is 4. The van der Waals surface area contributed by atoms with Gasteiger partial charge in [-0.25, -0.2) is 9.80 Å². The molecule has 5 heterocycles. The smallest absolute Gasteiger partial charge is 0.301 e. The van der Waals surface area contributed by atoms with Gasteiger partial charge < -0.3 is 14.7 Å². The zero-order valence-electron chi connectivity index (χ0n) is 34.9. The number of aromatic hydroxyl groups is 1. The van der Waals surface area contributed by atoms with Gasteiger partial charge in [-0.2, -0.15) is 5.10 Å². The number of phenolic OH excluding ortho intramolecular Hbond substituents is 1. The van der Waals surface area contributed by atoms with Crippen molar-refractivity contribution in [2.24, 2.45) is 42.1 Å². The van der Waals surface area contributed by atoms with Gasteiger partial charge in [-0.05, 0) is 85.5 Å². The van der Waals surface area contributed by atoms with Crippen LogP contribution >= 0.6 is 22.9 Å². The molecule has 4 amide bonds. The number of halogens is 1. The van der Waals surface area contributed by atoms with E-state index in [1.54, 1.807) is 38.4 Å². The summed E-state index contributed by atoms with van der Waals surface area (Å²) in [6, 6.07) is 14.0. The first kappa shape index (κ1) is 41.1. The van der Waals surface area contributed by atoms with Gasteiger partial charge in [-0.1, -0.05) is 23.3 Å². The van der Waals surface area contributed by atoms with E-state index in [2.05, 4.69) is 0 Å². The molecule has 10 rings (SSSR count). The number of thiophene rings is 1. The maximum absolute atomic E-state index is 15.3. The van der Waals surface area contributed by atoms with Crippen molar-refractivity contribution in [2.75, 3.05) is 28.8 Å². The fourth-order valence-corrected chi connectivity index (χ4v) is 12.3. The van der Waals surface area contributed by atoms with Gasteiger partial charge in [0, 0.05) is 67.0 Å². The van der Waals surface area contributed by atoms with Gasteiger partial charge in [0.1, 0.15) is 23.0 Å². The van der Waals surface area contributed by atoms with E-state index in [1.807, 2.05) is 31.2 Å². The fourth-order valence-electron chi connectivity index (χ4n) is 11.0. The van der Waals surface area contributed by atoms with Gasteiger partial charge >= 0.3 is 11.4 Å². The van der Waals surface area contributed by atoms with Crippen molar-refractivity contribution < 1.29 is 38.9 Å². The van der Waals surface area contributed by atoms with Gasteiger partial charge in [-0.3, -0.25) is 44.1 Å². The molecule has 6 unspecified atom stereocenters. The number of anilines is 3. The highest BCUT2D eigenvalue weighted by atomic mass is 35.5. The first-order valence-electron chi connectivity index (χ1n) is 20.4. The van der Waals surface area contributed by atoms with Crippen molar-refractivity contribution in [3.63, 3.8) is 0 Å². The monoisotopic (exact) mass is 903 g/mol. The lowest BCUT2D eigenvalue weighted by molar-refractivity contribution is -0.392. The van der Waals surface area contributed by atoms with Crippen LogP contribution in [-0.4, -0.2) is 62.5 Å². The predicted octanol–water partition coefficient (Wildman–Crippen LogP) is 7.64. The number of aromatic nitrogens is 2. The fraction of sp³-hybridized carbons (Fsp3) is 0.311. The Labute approximate surface area is 373 Å². The predicted molar refractivity (Wildman–Crippen MR) is 236 cm³/mol. The molecule has 19 heteroatoms. The number of benzene rings is 3. The summed E-state index contributed by atoms with van der Waals surface area (Å²) in [6.45, 7) is 3.71. The summed E-state index contributed by atoms with van der Waals surface area (Å²) in [4.78, 5) is 86.7. The minimum absolute atomic E-state index is 0.000197. The Morgan fingerprint density at radius 3 is 2.36 bits per heavy atom. The second-order valence-electron chi connectivity index (χ2n) is 17.4. The van der Waals surface area contributed by atoms with Crippen molar-refractivity contribution in [1.29, 1.82) is 0 Å². The average molecular weight is 904 g/mol. The maximum Gasteiger partial charge on any atom is 0.301 e. The van der Waals surface area contributed by atoms with E-state index >= 15 is 9.59 Å². The highest BCUT2D eigenvalue weighted by molar-refractivity contribution is 7.22. The molecule has 3 fully saturated rings. The Morgan fingerprint density at radius 1 is 0.953 bits per heavy atom. The highest BCUT2D eigenvalue weighted by Gasteiger charge is 2.68. The average Bonchev–Trinajstić information content (AvgIpc) is 3.92. The van der Waals surface area contributed by atoms with Crippen molar-refractivity contribution in [2.45, 2.75) is 33.1 Å². The van der Waals surface area contributed by atoms with E-state index in [0.29, 0.717) is 33.2 Å². The number of carbonyl (C=O) groups excluding carboxylic acids is 4. The molecule has 64 heavy (non-hydrogen) atoms. The molecule has 0 spiro atoms. The van der Waals surface area contributed by atoms with E-state index in [9.17, 15) is 34.9 Å². The minimum atomic E-state index is -1.43. The molecular weight excluding hydrogens is 866 g/mol. The number of imide groups is 2. The van der Waals surface area contributed by atoms with Gasteiger partial charge in [0.25, 0.3) is 0 Å². The zero-order valence-corrected chi connectivity index (χ0v) is 36.5. The molecule has 3 aliphatic heterocycles. The largest absolute Gasteiger partial charge is 0.508 e. The number of hydrogen-bond acceptors (Lipinski definition) is 13. The number of hydrogen-bond donors (Lipinski definition) is 1. The molecule has 6 atom stereocenters. The number of allylic oxidation sites excluding steroid dienone is 3. The summed E-state index contributed by atoms with van der Waals surface area (Å²) in [6.07, 6.45) is 3.69. The van der Waals surface area contributed by atoms with Crippen LogP contribution in [0.25, 0.3) is 20.7 Å². The molecule has 2 aliphatic carbocycles. The molecule has 1 saturated carbocycles. The van der Waals surface area contributed by atoms with E-state index in [0.717, 1.165) is 37.6 Å². The molecule has 3 aromatic carbocycles. The van der Waals surface area contributed by atoms with Crippen LogP contribution in [0.1, 0.15) is 30.9 Å². The Balaban J connectivity index is 1.08. The summed E-state index contributed by atoms with van der Waals surface area (Å²) in [5.41, 5.74) is 0.0519. The quantitative estimate of drug-likeness (QED) is 0.0723. The van der Waals surface area contributed by atoms with Crippen LogP contribution in [0.4, 0.5) is 28.6 Å².